The lowest BCUT2D eigenvalue weighted by atomic mass is 10.3. The standard InChI is InChI=1S/C11H16NO5P/c1-3-4-9-16-18(2,15)17-11-7-5-10(6-8-11)12(13)14/h5-8H,3-4,9H2,1-2H3. The van der Waals surface area contributed by atoms with Gasteiger partial charge >= 0.3 is 7.60 Å². The Hall–Kier alpha value is -1.39. The van der Waals surface area contributed by atoms with Gasteiger partial charge in [0, 0.05) is 18.8 Å². The zero-order valence-electron chi connectivity index (χ0n) is 10.4. The number of hydrogen-bond acceptors (Lipinski definition) is 5. The topological polar surface area (TPSA) is 78.7 Å². The van der Waals surface area contributed by atoms with Crippen molar-refractivity contribution in [1.29, 1.82) is 0 Å². The molecule has 0 radical (unpaired) electrons. The molecule has 1 aromatic rings. The van der Waals surface area contributed by atoms with Crippen LogP contribution in [0.4, 0.5) is 5.69 Å². The highest BCUT2D eigenvalue weighted by Crippen LogP contribution is 2.44. The molecular weight excluding hydrogens is 257 g/mol. The Morgan fingerprint density at radius 1 is 1.33 bits per heavy atom. The van der Waals surface area contributed by atoms with Gasteiger partial charge in [-0.3, -0.25) is 14.6 Å². The Morgan fingerprint density at radius 3 is 2.44 bits per heavy atom. The highest BCUT2D eigenvalue weighted by Gasteiger charge is 2.18. The minimum Gasteiger partial charge on any atom is -0.425 e. The van der Waals surface area contributed by atoms with Crippen molar-refractivity contribution in [1.82, 2.24) is 0 Å². The first-order chi connectivity index (χ1) is 8.44. The Bertz CT molecular complexity index is 445. The van der Waals surface area contributed by atoms with Gasteiger partial charge in [-0.15, -0.1) is 0 Å². The minimum atomic E-state index is -3.15. The fourth-order valence-electron chi connectivity index (χ4n) is 1.22. The Balaban J connectivity index is 2.60. The van der Waals surface area contributed by atoms with Crippen LogP contribution in [0.1, 0.15) is 19.8 Å². The average Bonchev–Trinajstić information content (AvgIpc) is 2.29. The van der Waals surface area contributed by atoms with Crippen molar-refractivity contribution in [2.75, 3.05) is 13.3 Å². The molecule has 18 heavy (non-hydrogen) atoms. The Labute approximate surface area is 106 Å². The molecule has 1 aromatic carbocycles. The quantitative estimate of drug-likeness (QED) is 0.328. The number of nitrogens with zero attached hydrogens (tertiary/aromatic N) is 1. The smallest absolute Gasteiger partial charge is 0.376 e. The molecule has 0 saturated carbocycles. The van der Waals surface area contributed by atoms with Crippen molar-refractivity contribution in [3.05, 3.63) is 34.4 Å². The van der Waals surface area contributed by atoms with Crippen LogP contribution in [-0.4, -0.2) is 18.2 Å². The van der Waals surface area contributed by atoms with E-state index in [-0.39, 0.29) is 5.69 Å². The van der Waals surface area contributed by atoms with Crippen molar-refractivity contribution >= 4 is 13.3 Å². The molecule has 0 amide bonds. The summed E-state index contributed by atoms with van der Waals surface area (Å²) in [5.41, 5.74) is -0.0415. The molecule has 0 saturated heterocycles. The van der Waals surface area contributed by atoms with Crippen LogP contribution in [0.5, 0.6) is 5.75 Å². The second kappa shape index (κ2) is 6.52. The molecule has 0 bridgehead atoms. The lowest BCUT2D eigenvalue weighted by Crippen LogP contribution is -1.98. The van der Waals surface area contributed by atoms with Gasteiger partial charge in [-0.1, -0.05) is 13.3 Å². The lowest BCUT2D eigenvalue weighted by molar-refractivity contribution is -0.384. The summed E-state index contributed by atoms with van der Waals surface area (Å²) in [5.74, 6) is 0.294. The maximum Gasteiger partial charge on any atom is 0.376 e. The first kappa shape index (κ1) is 14.7. The van der Waals surface area contributed by atoms with Crippen LogP contribution in [0.15, 0.2) is 24.3 Å². The molecule has 7 heteroatoms. The summed E-state index contributed by atoms with van der Waals surface area (Å²) in [5, 5.41) is 10.5. The van der Waals surface area contributed by atoms with E-state index in [0.717, 1.165) is 12.8 Å². The SMILES string of the molecule is CCCCOP(C)(=O)Oc1ccc([N+](=O)[O-])cc1. The van der Waals surface area contributed by atoms with Crippen LogP contribution >= 0.6 is 7.60 Å². The first-order valence-corrected chi connectivity index (χ1v) is 7.59. The maximum absolute atomic E-state index is 11.9. The number of benzene rings is 1. The lowest BCUT2D eigenvalue weighted by Gasteiger charge is -2.14. The van der Waals surface area contributed by atoms with E-state index in [4.69, 9.17) is 9.05 Å². The molecule has 0 aliphatic heterocycles. The Kier molecular flexibility index (Phi) is 5.31. The fraction of sp³-hybridized carbons (Fsp3) is 0.455. The predicted molar refractivity (Wildman–Crippen MR) is 68.1 cm³/mol. The fourth-order valence-corrected chi connectivity index (χ4v) is 2.24. The summed E-state index contributed by atoms with van der Waals surface area (Å²) < 4.78 is 22.2. The monoisotopic (exact) mass is 273 g/mol. The predicted octanol–water partition coefficient (Wildman–Crippen LogP) is 3.61. The van der Waals surface area contributed by atoms with Gasteiger partial charge in [0.15, 0.2) is 0 Å². The van der Waals surface area contributed by atoms with Crippen LogP contribution in [0, 0.1) is 10.1 Å². The molecule has 0 aliphatic carbocycles. The number of hydrogen-bond donors (Lipinski definition) is 0. The zero-order chi connectivity index (χ0) is 13.6. The molecule has 1 atom stereocenters. The summed E-state index contributed by atoms with van der Waals surface area (Å²) in [6.07, 6.45) is 1.75. The third-order valence-electron chi connectivity index (χ3n) is 2.14. The van der Waals surface area contributed by atoms with E-state index in [1.54, 1.807) is 0 Å². The van der Waals surface area contributed by atoms with Crippen LogP contribution in [0.25, 0.3) is 0 Å². The van der Waals surface area contributed by atoms with Gasteiger partial charge in [0.2, 0.25) is 0 Å². The van der Waals surface area contributed by atoms with Crippen LogP contribution in [-0.2, 0) is 9.09 Å². The summed E-state index contributed by atoms with van der Waals surface area (Å²) in [7, 11) is -3.15. The largest absolute Gasteiger partial charge is 0.425 e. The molecular formula is C11H16NO5P. The second-order valence-corrected chi connectivity index (χ2v) is 5.78. The minimum absolute atomic E-state index is 0.0415. The number of nitro benzene ring substituents is 1. The molecule has 1 unspecified atom stereocenters. The Morgan fingerprint density at radius 2 is 1.94 bits per heavy atom. The van der Waals surface area contributed by atoms with Crippen molar-refractivity contribution < 1.29 is 18.5 Å². The first-order valence-electron chi connectivity index (χ1n) is 5.60. The third kappa shape index (κ3) is 4.85. The number of unbranched alkanes of at least 4 members (excludes halogenated alkanes) is 1. The van der Waals surface area contributed by atoms with Crippen molar-refractivity contribution in [3.8, 4) is 5.75 Å². The van der Waals surface area contributed by atoms with E-state index in [1.165, 1.54) is 30.9 Å². The van der Waals surface area contributed by atoms with Crippen LogP contribution in [0.2, 0.25) is 0 Å². The average molecular weight is 273 g/mol. The van der Waals surface area contributed by atoms with E-state index in [9.17, 15) is 14.7 Å². The van der Waals surface area contributed by atoms with Gasteiger partial charge in [-0.2, -0.15) is 0 Å². The summed E-state index contributed by atoms with van der Waals surface area (Å²) >= 11 is 0. The number of rotatable bonds is 7. The van der Waals surface area contributed by atoms with E-state index >= 15 is 0 Å². The van der Waals surface area contributed by atoms with Gasteiger partial charge in [-0.05, 0) is 18.6 Å². The van der Waals surface area contributed by atoms with E-state index in [2.05, 4.69) is 0 Å². The second-order valence-electron chi connectivity index (χ2n) is 3.80. The molecule has 0 spiro atoms. The molecule has 6 nitrogen and oxygen atoms in total. The van der Waals surface area contributed by atoms with E-state index in [1.807, 2.05) is 6.92 Å². The summed E-state index contributed by atoms with van der Waals surface area (Å²) in [6, 6.07) is 5.39. The highest BCUT2D eigenvalue weighted by atomic mass is 31.2. The third-order valence-corrected chi connectivity index (χ3v) is 3.34. The van der Waals surface area contributed by atoms with Gasteiger partial charge in [-0.25, -0.2) is 4.57 Å². The molecule has 0 aromatic heterocycles. The normalized spacial score (nSPS) is 13.9. The van der Waals surface area contributed by atoms with Gasteiger partial charge in [0.25, 0.3) is 5.69 Å². The highest BCUT2D eigenvalue weighted by molar-refractivity contribution is 7.53. The molecule has 0 fully saturated rings. The number of non-ortho nitro benzene ring substituents is 1. The molecule has 0 N–H and O–H groups in total. The molecule has 0 heterocycles. The van der Waals surface area contributed by atoms with Crippen LogP contribution < -0.4 is 4.52 Å². The van der Waals surface area contributed by atoms with E-state index in [0.29, 0.717) is 12.4 Å². The zero-order valence-corrected chi connectivity index (χ0v) is 11.3. The molecule has 0 aliphatic rings. The van der Waals surface area contributed by atoms with E-state index < -0.39 is 12.5 Å². The summed E-state index contributed by atoms with van der Waals surface area (Å²) in [6.45, 7) is 3.75. The van der Waals surface area contributed by atoms with Crippen LogP contribution in [0.3, 0.4) is 0 Å². The van der Waals surface area contributed by atoms with Gasteiger partial charge in [0.05, 0.1) is 11.5 Å². The van der Waals surface area contributed by atoms with Crippen molar-refractivity contribution in [2.24, 2.45) is 0 Å². The molecule has 100 valence electrons. The molecule has 1 rings (SSSR count). The summed E-state index contributed by atoms with van der Waals surface area (Å²) in [4.78, 5) is 9.95. The maximum atomic E-state index is 11.9. The van der Waals surface area contributed by atoms with Gasteiger partial charge < -0.3 is 4.52 Å². The van der Waals surface area contributed by atoms with Crippen molar-refractivity contribution in [3.63, 3.8) is 0 Å². The van der Waals surface area contributed by atoms with Gasteiger partial charge in [0.1, 0.15) is 5.75 Å². The number of nitro groups is 1. The van der Waals surface area contributed by atoms with Crippen molar-refractivity contribution in [2.45, 2.75) is 19.8 Å².